The van der Waals surface area contributed by atoms with E-state index in [1.165, 1.54) is 0 Å². The van der Waals surface area contributed by atoms with Gasteiger partial charge < -0.3 is 0 Å². The van der Waals surface area contributed by atoms with Crippen LogP contribution < -0.4 is 0 Å². The maximum Gasteiger partial charge on any atom is 0.416 e. The van der Waals surface area contributed by atoms with Gasteiger partial charge in [-0.2, -0.15) is 13.2 Å². The van der Waals surface area contributed by atoms with Crippen molar-refractivity contribution in [3.8, 4) is 11.1 Å². The molecule has 0 heterocycles. The van der Waals surface area contributed by atoms with Gasteiger partial charge in [0.25, 0.3) is 5.69 Å². The zero-order valence-corrected chi connectivity index (χ0v) is 10.1. The van der Waals surface area contributed by atoms with Crippen LogP contribution in [0.25, 0.3) is 11.1 Å². The first-order valence-corrected chi connectivity index (χ1v) is 5.52. The summed E-state index contributed by atoms with van der Waals surface area (Å²) in [6, 6.07) is 4.33. The normalized spacial score (nSPS) is 11.5. The Morgan fingerprint density at radius 1 is 0.952 bits per heavy atom. The summed E-state index contributed by atoms with van der Waals surface area (Å²) in [7, 11) is 0. The van der Waals surface area contributed by atoms with Crippen LogP contribution in [-0.2, 0) is 6.18 Å². The van der Waals surface area contributed by atoms with Crippen molar-refractivity contribution in [3.63, 3.8) is 0 Å². The molecule has 0 radical (unpaired) electrons. The van der Waals surface area contributed by atoms with Gasteiger partial charge >= 0.3 is 6.18 Å². The molecule has 0 unspecified atom stereocenters. The Morgan fingerprint density at radius 2 is 1.52 bits per heavy atom. The topological polar surface area (TPSA) is 43.1 Å². The summed E-state index contributed by atoms with van der Waals surface area (Å²) in [6.07, 6.45) is -4.59. The third-order valence-electron chi connectivity index (χ3n) is 2.77. The minimum Gasteiger partial charge on any atom is -0.258 e. The zero-order valence-electron chi connectivity index (χ0n) is 10.1. The standard InChI is InChI=1S/C13H6F5NO2/c14-9-5-6-10(19(20)21)11(12(9)15)7-1-3-8(4-2-7)13(16,17)18/h1-6H. The molecule has 2 aromatic carbocycles. The van der Waals surface area contributed by atoms with Crippen LogP contribution in [-0.4, -0.2) is 4.92 Å². The van der Waals surface area contributed by atoms with Crippen molar-refractivity contribution in [1.82, 2.24) is 0 Å². The van der Waals surface area contributed by atoms with E-state index >= 15 is 0 Å². The predicted molar refractivity (Wildman–Crippen MR) is 63.5 cm³/mol. The van der Waals surface area contributed by atoms with Gasteiger partial charge in [-0.3, -0.25) is 10.1 Å². The van der Waals surface area contributed by atoms with Gasteiger partial charge in [0.2, 0.25) is 0 Å². The molecular weight excluding hydrogens is 297 g/mol. The van der Waals surface area contributed by atoms with Crippen LogP contribution in [0.2, 0.25) is 0 Å². The van der Waals surface area contributed by atoms with Gasteiger partial charge in [0, 0.05) is 6.07 Å². The van der Waals surface area contributed by atoms with E-state index in [4.69, 9.17) is 0 Å². The van der Waals surface area contributed by atoms with E-state index in [0.29, 0.717) is 18.2 Å². The quantitative estimate of drug-likeness (QED) is 0.464. The first-order chi connectivity index (χ1) is 9.71. The molecule has 0 aliphatic carbocycles. The van der Waals surface area contributed by atoms with E-state index in [9.17, 15) is 32.1 Å². The average Bonchev–Trinajstić information content (AvgIpc) is 2.40. The lowest BCUT2D eigenvalue weighted by Crippen LogP contribution is -2.04. The largest absolute Gasteiger partial charge is 0.416 e. The molecule has 110 valence electrons. The first-order valence-electron chi connectivity index (χ1n) is 5.52. The van der Waals surface area contributed by atoms with Crippen molar-refractivity contribution in [2.24, 2.45) is 0 Å². The molecule has 0 aromatic heterocycles. The number of benzene rings is 2. The van der Waals surface area contributed by atoms with Crippen molar-refractivity contribution in [2.75, 3.05) is 0 Å². The molecule has 0 bridgehead atoms. The van der Waals surface area contributed by atoms with Crippen LogP contribution in [0.15, 0.2) is 36.4 Å². The molecule has 0 amide bonds. The second-order valence-corrected chi connectivity index (χ2v) is 4.09. The zero-order chi connectivity index (χ0) is 15.8. The molecule has 0 spiro atoms. The number of nitro benzene ring substituents is 1. The summed E-state index contributed by atoms with van der Waals surface area (Å²) in [5.74, 6) is -2.81. The third kappa shape index (κ3) is 2.83. The van der Waals surface area contributed by atoms with E-state index in [0.717, 1.165) is 18.2 Å². The maximum atomic E-state index is 13.7. The molecule has 0 fully saturated rings. The second-order valence-electron chi connectivity index (χ2n) is 4.09. The monoisotopic (exact) mass is 303 g/mol. The molecule has 21 heavy (non-hydrogen) atoms. The number of hydrogen-bond donors (Lipinski definition) is 0. The molecule has 2 rings (SSSR count). The van der Waals surface area contributed by atoms with E-state index in [-0.39, 0.29) is 5.56 Å². The Kier molecular flexibility index (Phi) is 3.63. The highest BCUT2D eigenvalue weighted by Crippen LogP contribution is 2.36. The Balaban J connectivity index is 2.61. The molecular formula is C13H6F5NO2. The second kappa shape index (κ2) is 5.12. The lowest BCUT2D eigenvalue weighted by atomic mass is 10.0. The highest BCUT2D eigenvalue weighted by molar-refractivity contribution is 5.74. The molecule has 2 aromatic rings. The number of nitro groups is 1. The van der Waals surface area contributed by atoms with Gasteiger partial charge in [-0.05, 0) is 23.8 Å². The van der Waals surface area contributed by atoms with E-state index < -0.39 is 39.5 Å². The number of nitrogens with zero attached hydrogens (tertiary/aromatic N) is 1. The van der Waals surface area contributed by atoms with Gasteiger partial charge in [0.05, 0.1) is 16.1 Å². The number of hydrogen-bond acceptors (Lipinski definition) is 2. The first kappa shape index (κ1) is 14.9. The van der Waals surface area contributed by atoms with Crippen LogP contribution in [0, 0.1) is 21.7 Å². The van der Waals surface area contributed by atoms with Crippen LogP contribution in [0.4, 0.5) is 27.6 Å². The van der Waals surface area contributed by atoms with Crippen molar-refractivity contribution < 1.29 is 26.9 Å². The summed E-state index contributed by atoms with van der Waals surface area (Å²) >= 11 is 0. The smallest absolute Gasteiger partial charge is 0.258 e. The van der Waals surface area contributed by atoms with Crippen LogP contribution in [0.5, 0.6) is 0 Å². The molecule has 0 saturated heterocycles. The van der Waals surface area contributed by atoms with Crippen molar-refractivity contribution in [1.29, 1.82) is 0 Å². The van der Waals surface area contributed by atoms with Gasteiger partial charge in [-0.1, -0.05) is 12.1 Å². The van der Waals surface area contributed by atoms with Crippen molar-refractivity contribution >= 4 is 5.69 Å². The minimum absolute atomic E-state index is 0.216. The van der Waals surface area contributed by atoms with Crippen molar-refractivity contribution in [2.45, 2.75) is 6.18 Å². The Hall–Kier alpha value is -2.51. The number of rotatable bonds is 2. The minimum atomic E-state index is -4.59. The Labute approximate surface area is 114 Å². The molecule has 0 aliphatic rings. The summed E-state index contributed by atoms with van der Waals surface area (Å²) in [6.45, 7) is 0. The fraction of sp³-hybridized carbons (Fsp3) is 0.0769. The molecule has 3 nitrogen and oxygen atoms in total. The Bertz CT molecular complexity index is 695. The lowest BCUT2D eigenvalue weighted by Gasteiger charge is -2.09. The van der Waals surface area contributed by atoms with E-state index in [2.05, 4.69) is 0 Å². The molecule has 0 N–H and O–H groups in total. The van der Waals surface area contributed by atoms with Gasteiger partial charge in [0.1, 0.15) is 0 Å². The summed E-state index contributed by atoms with van der Waals surface area (Å²) in [5, 5.41) is 10.8. The fourth-order valence-corrected chi connectivity index (χ4v) is 1.79. The number of alkyl halides is 3. The van der Waals surface area contributed by atoms with Gasteiger partial charge in [-0.15, -0.1) is 0 Å². The maximum absolute atomic E-state index is 13.7. The van der Waals surface area contributed by atoms with Crippen LogP contribution in [0.1, 0.15) is 5.56 Å². The third-order valence-corrected chi connectivity index (χ3v) is 2.77. The lowest BCUT2D eigenvalue weighted by molar-refractivity contribution is -0.384. The van der Waals surface area contributed by atoms with Crippen LogP contribution >= 0.6 is 0 Å². The fourth-order valence-electron chi connectivity index (χ4n) is 1.79. The molecule has 0 saturated carbocycles. The summed E-state index contributed by atoms with van der Waals surface area (Å²) in [4.78, 5) is 9.89. The average molecular weight is 303 g/mol. The number of halogens is 5. The van der Waals surface area contributed by atoms with E-state index in [1.807, 2.05) is 0 Å². The van der Waals surface area contributed by atoms with Gasteiger partial charge in [0.15, 0.2) is 11.6 Å². The van der Waals surface area contributed by atoms with Crippen molar-refractivity contribution in [3.05, 3.63) is 63.7 Å². The molecule has 0 aliphatic heterocycles. The van der Waals surface area contributed by atoms with Gasteiger partial charge in [-0.25, -0.2) is 8.78 Å². The Morgan fingerprint density at radius 3 is 2.00 bits per heavy atom. The summed E-state index contributed by atoms with van der Waals surface area (Å²) in [5.41, 5.74) is -2.63. The highest BCUT2D eigenvalue weighted by atomic mass is 19.4. The highest BCUT2D eigenvalue weighted by Gasteiger charge is 2.30. The SMILES string of the molecule is O=[N+]([O-])c1ccc(F)c(F)c1-c1ccc(C(F)(F)F)cc1. The van der Waals surface area contributed by atoms with E-state index in [1.54, 1.807) is 0 Å². The molecule has 0 atom stereocenters. The predicted octanol–water partition coefficient (Wildman–Crippen LogP) is 4.56. The van der Waals surface area contributed by atoms with Crippen LogP contribution in [0.3, 0.4) is 0 Å². The molecule has 8 heteroatoms. The summed E-state index contributed by atoms with van der Waals surface area (Å²) < 4.78 is 64.2.